The van der Waals surface area contributed by atoms with Gasteiger partial charge in [0, 0.05) is 19.0 Å². The van der Waals surface area contributed by atoms with Crippen LogP contribution in [0.3, 0.4) is 0 Å². The van der Waals surface area contributed by atoms with E-state index in [1.54, 1.807) is 0 Å². The topological polar surface area (TPSA) is 88.0 Å². The molecule has 1 aliphatic heterocycles. The SMILES string of the molecule is CCCCCCCCc1ccc(OC2CNC(COP(=O)(O)O)C2)cc1. The summed E-state index contributed by atoms with van der Waals surface area (Å²) in [6.07, 6.45) is 9.60. The van der Waals surface area contributed by atoms with Crippen molar-refractivity contribution in [2.75, 3.05) is 13.2 Å². The van der Waals surface area contributed by atoms with E-state index in [1.165, 1.54) is 44.1 Å². The number of rotatable bonds is 12. The number of hydrogen-bond donors (Lipinski definition) is 3. The molecule has 1 aromatic rings. The van der Waals surface area contributed by atoms with Crippen LogP contribution in [0.4, 0.5) is 0 Å². The van der Waals surface area contributed by atoms with Gasteiger partial charge in [-0.2, -0.15) is 0 Å². The van der Waals surface area contributed by atoms with Crippen molar-refractivity contribution in [1.82, 2.24) is 5.32 Å². The first-order valence-electron chi connectivity index (χ1n) is 9.65. The van der Waals surface area contributed by atoms with Crippen LogP contribution in [0.2, 0.25) is 0 Å². The van der Waals surface area contributed by atoms with Crippen LogP contribution in [0.25, 0.3) is 0 Å². The smallest absolute Gasteiger partial charge is 0.469 e. The molecule has 0 radical (unpaired) electrons. The summed E-state index contributed by atoms with van der Waals surface area (Å²) in [6.45, 7) is 2.87. The normalized spacial score (nSPS) is 20.4. The number of ether oxygens (including phenoxy) is 1. The summed E-state index contributed by atoms with van der Waals surface area (Å²) >= 11 is 0. The van der Waals surface area contributed by atoms with E-state index in [9.17, 15) is 4.57 Å². The highest BCUT2D eigenvalue weighted by molar-refractivity contribution is 7.46. The third kappa shape index (κ3) is 8.65. The largest absolute Gasteiger partial charge is 0.489 e. The lowest BCUT2D eigenvalue weighted by atomic mass is 10.0. The zero-order chi connectivity index (χ0) is 18.8. The van der Waals surface area contributed by atoms with E-state index in [0.29, 0.717) is 13.0 Å². The fourth-order valence-electron chi connectivity index (χ4n) is 3.22. The first-order chi connectivity index (χ1) is 12.5. The van der Waals surface area contributed by atoms with E-state index in [1.807, 2.05) is 12.1 Å². The van der Waals surface area contributed by atoms with Crippen molar-refractivity contribution in [3.8, 4) is 5.75 Å². The molecule has 0 spiro atoms. The van der Waals surface area contributed by atoms with E-state index < -0.39 is 7.82 Å². The van der Waals surface area contributed by atoms with Crippen LogP contribution in [-0.2, 0) is 15.5 Å². The van der Waals surface area contributed by atoms with Crippen LogP contribution in [0.5, 0.6) is 5.75 Å². The Hall–Kier alpha value is -0.910. The first kappa shape index (κ1) is 21.4. The van der Waals surface area contributed by atoms with Crippen LogP contribution in [-0.4, -0.2) is 35.1 Å². The second kappa shape index (κ2) is 11.1. The number of nitrogens with one attached hydrogen (secondary N) is 1. The molecule has 1 aromatic carbocycles. The molecule has 0 bridgehead atoms. The highest BCUT2D eigenvalue weighted by atomic mass is 31.2. The molecule has 6 nitrogen and oxygen atoms in total. The van der Waals surface area contributed by atoms with Gasteiger partial charge in [0.05, 0.1) is 6.61 Å². The van der Waals surface area contributed by atoms with E-state index in [0.717, 1.165) is 12.2 Å². The van der Waals surface area contributed by atoms with E-state index >= 15 is 0 Å². The molecule has 0 saturated carbocycles. The Morgan fingerprint density at radius 2 is 1.81 bits per heavy atom. The van der Waals surface area contributed by atoms with Gasteiger partial charge in [0.1, 0.15) is 11.9 Å². The molecule has 1 saturated heterocycles. The second-order valence-corrected chi connectivity index (χ2v) is 8.27. The third-order valence-electron chi connectivity index (χ3n) is 4.67. The Morgan fingerprint density at radius 3 is 2.50 bits per heavy atom. The van der Waals surface area contributed by atoms with Crippen LogP contribution >= 0.6 is 7.82 Å². The number of phosphoric ester groups is 1. The van der Waals surface area contributed by atoms with E-state index in [-0.39, 0.29) is 18.8 Å². The quantitative estimate of drug-likeness (QED) is 0.375. The molecule has 3 N–H and O–H groups in total. The highest BCUT2D eigenvalue weighted by Crippen LogP contribution is 2.36. The fraction of sp³-hybridized carbons (Fsp3) is 0.684. The third-order valence-corrected chi connectivity index (χ3v) is 5.16. The van der Waals surface area contributed by atoms with Crippen LogP contribution in [0.15, 0.2) is 24.3 Å². The molecular weight excluding hydrogens is 353 g/mol. The molecule has 1 fully saturated rings. The van der Waals surface area contributed by atoms with Gasteiger partial charge >= 0.3 is 7.82 Å². The Kier molecular flexibility index (Phi) is 9.09. The lowest BCUT2D eigenvalue weighted by molar-refractivity contribution is 0.173. The molecule has 0 amide bonds. The molecule has 26 heavy (non-hydrogen) atoms. The van der Waals surface area contributed by atoms with Gasteiger partial charge in [-0.3, -0.25) is 4.52 Å². The van der Waals surface area contributed by atoms with Crippen molar-refractivity contribution < 1.29 is 23.6 Å². The average molecular weight is 385 g/mol. The lowest BCUT2D eigenvalue weighted by Crippen LogP contribution is -2.26. The Morgan fingerprint density at radius 1 is 1.12 bits per heavy atom. The van der Waals surface area contributed by atoms with Gasteiger partial charge in [-0.1, -0.05) is 51.2 Å². The summed E-state index contributed by atoms with van der Waals surface area (Å²) in [5, 5.41) is 3.17. The van der Waals surface area contributed by atoms with Crippen molar-refractivity contribution in [3.05, 3.63) is 29.8 Å². The molecule has 1 heterocycles. The maximum absolute atomic E-state index is 10.7. The number of benzene rings is 1. The van der Waals surface area contributed by atoms with E-state index in [2.05, 4.69) is 28.9 Å². The number of phosphoric acid groups is 1. The van der Waals surface area contributed by atoms with Gasteiger partial charge in [0.25, 0.3) is 0 Å². The van der Waals surface area contributed by atoms with Gasteiger partial charge in [0.15, 0.2) is 0 Å². The monoisotopic (exact) mass is 385 g/mol. The predicted molar refractivity (Wildman–Crippen MR) is 102 cm³/mol. The summed E-state index contributed by atoms with van der Waals surface area (Å²) in [4.78, 5) is 17.5. The van der Waals surface area contributed by atoms with Crippen molar-refractivity contribution >= 4 is 7.82 Å². The zero-order valence-corrected chi connectivity index (χ0v) is 16.5. The molecular formula is C19H32NO5P. The molecule has 0 aromatic heterocycles. The minimum Gasteiger partial charge on any atom is -0.489 e. The van der Waals surface area contributed by atoms with Crippen LogP contribution in [0.1, 0.15) is 57.4 Å². The summed E-state index contributed by atoms with van der Waals surface area (Å²) in [6, 6.07) is 8.16. The molecule has 2 rings (SSSR count). The molecule has 2 atom stereocenters. The summed E-state index contributed by atoms with van der Waals surface area (Å²) < 4.78 is 21.2. The highest BCUT2D eigenvalue weighted by Gasteiger charge is 2.28. The predicted octanol–water partition coefficient (Wildman–Crippen LogP) is 3.81. The van der Waals surface area contributed by atoms with Gasteiger partial charge in [-0.25, -0.2) is 4.57 Å². The molecule has 2 unspecified atom stereocenters. The second-order valence-electron chi connectivity index (χ2n) is 7.03. The summed E-state index contributed by atoms with van der Waals surface area (Å²) in [5.74, 6) is 0.833. The molecule has 7 heteroatoms. The maximum Gasteiger partial charge on any atom is 0.469 e. The lowest BCUT2D eigenvalue weighted by Gasteiger charge is -2.14. The van der Waals surface area contributed by atoms with Crippen molar-refractivity contribution in [1.29, 1.82) is 0 Å². The van der Waals surface area contributed by atoms with Gasteiger partial charge in [-0.05, 0) is 30.5 Å². The van der Waals surface area contributed by atoms with Gasteiger partial charge in [0.2, 0.25) is 0 Å². The Balaban J connectivity index is 1.65. The van der Waals surface area contributed by atoms with Gasteiger partial charge < -0.3 is 19.8 Å². The number of unbranched alkanes of at least 4 members (excludes halogenated alkanes) is 5. The zero-order valence-electron chi connectivity index (χ0n) is 15.6. The number of hydrogen-bond acceptors (Lipinski definition) is 4. The van der Waals surface area contributed by atoms with Crippen LogP contribution in [0, 0.1) is 0 Å². The first-order valence-corrected chi connectivity index (χ1v) is 11.2. The van der Waals surface area contributed by atoms with Crippen molar-refractivity contribution in [2.24, 2.45) is 0 Å². The summed E-state index contributed by atoms with van der Waals surface area (Å²) in [5.41, 5.74) is 1.34. The van der Waals surface area contributed by atoms with E-state index in [4.69, 9.17) is 14.5 Å². The number of aryl methyl sites for hydroxylation is 1. The Bertz CT molecular complexity index is 560. The van der Waals surface area contributed by atoms with Crippen molar-refractivity contribution in [2.45, 2.75) is 70.4 Å². The fourth-order valence-corrected chi connectivity index (χ4v) is 3.60. The standard InChI is InChI=1S/C19H32NO5P/c1-2-3-4-5-6-7-8-16-9-11-18(12-10-16)25-19-13-17(20-14-19)15-24-26(21,22)23/h9-12,17,19-20H,2-8,13-15H2,1H3,(H2,21,22,23). The summed E-state index contributed by atoms with van der Waals surface area (Å²) in [7, 11) is -4.41. The van der Waals surface area contributed by atoms with Crippen molar-refractivity contribution in [3.63, 3.8) is 0 Å². The molecule has 148 valence electrons. The Labute approximate surface area is 156 Å². The molecule has 1 aliphatic rings. The minimum atomic E-state index is -4.41. The van der Waals surface area contributed by atoms with Crippen LogP contribution < -0.4 is 10.1 Å². The average Bonchev–Trinajstić information content (AvgIpc) is 3.04. The molecule has 0 aliphatic carbocycles. The van der Waals surface area contributed by atoms with Gasteiger partial charge in [-0.15, -0.1) is 0 Å². The minimum absolute atomic E-state index is 0.00946. The maximum atomic E-state index is 10.7.